The molecule has 0 aliphatic carbocycles. The first kappa shape index (κ1) is 15.4. The van der Waals surface area contributed by atoms with Gasteiger partial charge in [0.15, 0.2) is 0 Å². The van der Waals surface area contributed by atoms with E-state index in [1.165, 1.54) is 5.39 Å². The maximum Gasteiger partial charge on any atom is 0.228 e. The van der Waals surface area contributed by atoms with E-state index >= 15 is 0 Å². The van der Waals surface area contributed by atoms with Crippen molar-refractivity contribution in [3.8, 4) is 5.75 Å². The minimum absolute atomic E-state index is 0.0819. The summed E-state index contributed by atoms with van der Waals surface area (Å²) < 4.78 is 5.10. The van der Waals surface area contributed by atoms with E-state index in [1.54, 1.807) is 25.3 Å². The SMILES string of the molecule is COc1ccc(NC(=O)Cc2ccc3ccccc3c2)cc1Cl. The van der Waals surface area contributed by atoms with Gasteiger partial charge < -0.3 is 10.1 Å². The first-order valence-corrected chi connectivity index (χ1v) is 7.64. The molecule has 4 heteroatoms. The number of ether oxygens (including phenoxy) is 1. The van der Waals surface area contributed by atoms with Crippen LogP contribution in [-0.4, -0.2) is 13.0 Å². The smallest absolute Gasteiger partial charge is 0.228 e. The molecule has 0 aromatic heterocycles. The van der Waals surface area contributed by atoms with Crippen molar-refractivity contribution >= 4 is 34.0 Å². The van der Waals surface area contributed by atoms with Gasteiger partial charge in [0.25, 0.3) is 0 Å². The van der Waals surface area contributed by atoms with Gasteiger partial charge in [0, 0.05) is 5.69 Å². The van der Waals surface area contributed by atoms with E-state index < -0.39 is 0 Å². The standard InChI is InChI=1S/C19H16ClNO2/c1-23-18-9-8-16(12-17(18)20)21-19(22)11-13-6-7-14-4-2-3-5-15(14)10-13/h2-10,12H,11H2,1H3,(H,21,22). The van der Waals surface area contributed by atoms with E-state index in [0.29, 0.717) is 22.9 Å². The number of amides is 1. The molecule has 3 rings (SSSR count). The van der Waals surface area contributed by atoms with Crippen molar-refractivity contribution in [1.29, 1.82) is 0 Å². The van der Waals surface area contributed by atoms with E-state index in [1.807, 2.05) is 36.4 Å². The van der Waals surface area contributed by atoms with Crippen LogP contribution in [0.5, 0.6) is 5.75 Å². The summed E-state index contributed by atoms with van der Waals surface area (Å²) in [7, 11) is 1.55. The van der Waals surface area contributed by atoms with E-state index in [2.05, 4.69) is 11.4 Å². The molecule has 0 spiro atoms. The van der Waals surface area contributed by atoms with Crippen LogP contribution in [-0.2, 0) is 11.2 Å². The molecule has 0 fully saturated rings. The third kappa shape index (κ3) is 3.63. The number of hydrogen-bond acceptors (Lipinski definition) is 2. The number of anilines is 1. The molecule has 116 valence electrons. The molecule has 0 bridgehead atoms. The molecule has 0 saturated heterocycles. The van der Waals surface area contributed by atoms with Crippen LogP contribution in [0.1, 0.15) is 5.56 Å². The van der Waals surface area contributed by atoms with Crippen molar-refractivity contribution in [3.05, 3.63) is 71.2 Å². The molecule has 0 heterocycles. The van der Waals surface area contributed by atoms with Gasteiger partial charge in [-0.15, -0.1) is 0 Å². The van der Waals surface area contributed by atoms with Gasteiger partial charge in [0.1, 0.15) is 5.75 Å². The number of benzene rings is 3. The number of methoxy groups -OCH3 is 1. The van der Waals surface area contributed by atoms with Gasteiger partial charge in [-0.3, -0.25) is 4.79 Å². The molecule has 0 unspecified atom stereocenters. The van der Waals surface area contributed by atoms with E-state index in [9.17, 15) is 4.79 Å². The van der Waals surface area contributed by atoms with Crippen LogP contribution in [0.3, 0.4) is 0 Å². The molecule has 0 radical (unpaired) electrons. The summed E-state index contributed by atoms with van der Waals surface area (Å²) in [4.78, 5) is 12.2. The van der Waals surface area contributed by atoms with Crippen molar-refractivity contribution in [2.24, 2.45) is 0 Å². The van der Waals surface area contributed by atoms with E-state index in [4.69, 9.17) is 16.3 Å². The number of rotatable bonds is 4. The van der Waals surface area contributed by atoms with Crippen LogP contribution in [0, 0.1) is 0 Å². The number of halogens is 1. The molecule has 3 nitrogen and oxygen atoms in total. The minimum atomic E-state index is -0.0819. The highest BCUT2D eigenvalue weighted by Crippen LogP contribution is 2.27. The summed E-state index contributed by atoms with van der Waals surface area (Å²) in [5, 5.41) is 5.62. The molecule has 0 atom stereocenters. The van der Waals surface area contributed by atoms with Gasteiger partial charge >= 0.3 is 0 Å². The van der Waals surface area contributed by atoms with Gasteiger partial charge in [-0.2, -0.15) is 0 Å². The van der Waals surface area contributed by atoms with Gasteiger partial charge in [0.05, 0.1) is 18.6 Å². The Bertz CT molecular complexity index is 861. The van der Waals surface area contributed by atoms with Crippen LogP contribution >= 0.6 is 11.6 Å². The molecule has 23 heavy (non-hydrogen) atoms. The van der Waals surface area contributed by atoms with Crippen molar-refractivity contribution in [1.82, 2.24) is 0 Å². The average molecular weight is 326 g/mol. The first-order chi connectivity index (χ1) is 11.2. The van der Waals surface area contributed by atoms with Gasteiger partial charge in [-0.25, -0.2) is 0 Å². The van der Waals surface area contributed by atoms with Crippen LogP contribution in [0.4, 0.5) is 5.69 Å². The fraction of sp³-hybridized carbons (Fsp3) is 0.105. The number of carbonyl (C=O) groups is 1. The highest BCUT2D eigenvalue weighted by atomic mass is 35.5. The number of hydrogen-bond donors (Lipinski definition) is 1. The number of nitrogens with one attached hydrogen (secondary N) is 1. The summed E-state index contributed by atoms with van der Waals surface area (Å²) in [5.74, 6) is 0.501. The third-order valence-corrected chi connectivity index (χ3v) is 3.91. The summed E-state index contributed by atoms with van der Waals surface area (Å²) in [6, 6.07) is 19.3. The normalized spacial score (nSPS) is 10.5. The van der Waals surface area contributed by atoms with Gasteiger partial charge in [-0.05, 0) is 34.5 Å². The Kier molecular flexibility index (Phi) is 4.49. The Balaban J connectivity index is 1.71. The Hall–Kier alpha value is -2.52. The Morgan fingerprint density at radius 3 is 2.57 bits per heavy atom. The second kappa shape index (κ2) is 6.71. The molecule has 1 amide bonds. The highest BCUT2D eigenvalue weighted by Gasteiger charge is 2.07. The summed E-state index contributed by atoms with van der Waals surface area (Å²) >= 11 is 6.06. The quantitative estimate of drug-likeness (QED) is 0.756. The van der Waals surface area contributed by atoms with Crippen LogP contribution < -0.4 is 10.1 Å². The lowest BCUT2D eigenvalue weighted by molar-refractivity contribution is -0.115. The molecule has 0 saturated carbocycles. The van der Waals surface area contributed by atoms with Crippen molar-refractivity contribution < 1.29 is 9.53 Å². The highest BCUT2D eigenvalue weighted by molar-refractivity contribution is 6.32. The molecule has 3 aromatic carbocycles. The monoisotopic (exact) mass is 325 g/mol. The van der Waals surface area contributed by atoms with Crippen LogP contribution in [0.15, 0.2) is 60.7 Å². The molecule has 1 N–H and O–H groups in total. The largest absolute Gasteiger partial charge is 0.495 e. The lowest BCUT2D eigenvalue weighted by Crippen LogP contribution is -2.14. The second-order valence-electron chi connectivity index (χ2n) is 5.26. The van der Waals surface area contributed by atoms with E-state index in [0.717, 1.165) is 10.9 Å². The zero-order chi connectivity index (χ0) is 16.2. The maximum atomic E-state index is 12.2. The fourth-order valence-electron chi connectivity index (χ4n) is 2.48. The van der Waals surface area contributed by atoms with Crippen LogP contribution in [0.25, 0.3) is 10.8 Å². The first-order valence-electron chi connectivity index (χ1n) is 7.27. The zero-order valence-electron chi connectivity index (χ0n) is 12.7. The van der Waals surface area contributed by atoms with Crippen LogP contribution in [0.2, 0.25) is 5.02 Å². The predicted molar refractivity (Wildman–Crippen MR) is 94.3 cm³/mol. The topological polar surface area (TPSA) is 38.3 Å². The van der Waals surface area contributed by atoms with Crippen molar-refractivity contribution in [3.63, 3.8) is 0 Å². The molecule has 0 aliphatic rings. The summed E-state index contributed by atoms with van der Waals surface area (Å²) in [6.07, 6.45) is 0.314. The number of fused-ring (bicyclic) bond motifs is 1. The molecular formula is C19H16ClNO2. The maximum absolute atomic E-state index is 12.2. The summed E-state index contributed by atoms with van der Waals surface area (Å²) in [6.45, 7) is 0. The summed E-state index contributed by atoms with van der Waals surface area (Å²) in [5.41, 5.74) is 1.63. The number of carbonyl (C=O) groups excluding carboxylic acids is 1. The van der Waals surface area contributed by atoms with Crippen molar-refractivity contribution in [2.75, 3.05) is 12.4 Å². The Morgan fingerprint density at radius 2 is 1.83 bits per heavy atom. The Labute approximate surface area is 139 Å². The average Bonchev–Trinajstić information content (AvgIpc) is 2.55. The minimum Gasteiger partial charge on any atom is -0.495 e. The molecule has 0 aliphatic heterocycles. The zero-order valence-corrected chi connectivity index (χ0v) is 13.4. The van der Waals surface area contributed by atoms with E-state index in [-0.39, 0.29) is 5.91 Å². The predicted octanol–water partition coefficient (Wildman–Crippen LogP) is 4.68. The van der Waals surface area contributed by atoms with Gasteiger partial charge in [-0.1, -0.05) is 54.1 Å². The third-order valence-electron chi connectivity index (χ3n) is 3.61. The lowest BCUT2D eigenvalue weighted by atomic mass is 10.0. The molecular weight excluding hydrogens is 310 g/mol. The second-order valence-corrected chi connectivity index (χ2v) is 5.66. The fourth-order valence-corrected chi connectivity index (χ4v) is 2.74. The molecule has 3 aromatic rings. The van der Waals surface area contributed by atoms with Crippen molar-refractivity contribution in [2.45, 2.75) is 6.42 Å². The Morgan fingerprint density at radius 1 is 1.04 bits per heavy atom. The lowest BCUT2D eigenvalue weighted by Gasteiger charge is -2.08. The van der Waals surface area contributed by atoms with Gasteiger partial charge in [0.2, 0.25) is 5.91 Å².